The molecule has 0 bridgehead atoms. The van der Waals surface area contributed by atoms with Crippen molar-refractivity contribution in [3.63, 3.8) is 0 Å². The second-order valence-corrected chi connectivity index (χ2v) is 15.9. The first kappa shape index (κ1) is 34.0. The van der Waals surface area contributed by atoms with E-state index in [4.69, 9.17) is 4.74 Å². The van der Waals surface area contributed by atoms with E-state index < -0.39 is 42.2 Å². The number of hydrogen-bond acceptors (Lipinski definition) is 5. The highest BCUT2D eigenvalue weighted by Gasteiger charge is 2.39. The van der Waals surface area contributed by atoms with Crippen LogP contribution < -0.4 is 9.44 Å². The number of rotatable bonds is 11. The van der Waals surface area contributed by atoms with Crippen molar-refractivity contribution in [3.8, 4) is 11.3 Å². The van der Waals surface area contributed by atoms with Crippen LogP contribution in [0, 0.1) is 18.8 Å². The fourth-order valence-corrected chi connectivity index (χ4v) is 8.96. The SMILES string of the molecule is CCC(C)(C)NS(=O)(=O)c1ccc(-c2cc(S(=O)(=O)NCC3CCOCC3)c(C)n2CC2CCCCC2)cc1C(F)(F)F. The number of nitrogens with one attached hydrogen (secondary N) is 2. The molecule has 1 aromatic heterocycles. The van der Waals surface area contributed by atoms with Crippen LogP contribution in [0.1, 0.15) is 83.4 Å². The Labute approximate surface area is 253 Å². The zero-order chi connectivity index (χ0) is 31.6. The third-order valence-electron chi connectivity index (χ3n) is 8.84. The molecule has 43 heavy (non-hydrogen) atoms. The normalized spacial score (nSPS) is 18.3. The number of sulfonamides is 2. The zero-order valence-electron chi connectivity index (χ0n) is 25.4. The maximum absolute atomic E-state index is 14.4. The van der Waals surface area contributed by atoms with Gasteiger partial charge in [-0.05, 0) is 88.5 Å². The number of hydrogen-bond donors (Lipinski definition) is 2. The smallest absolute Gasteiger partial charge is 0.381 e. The van der Waals surface area contributed by atoms with Crippen molar-refractivity contribution in [2.45, 2.75) is 107 Å². The summed E-state index contributed by atoms with van der Waals surface area (Å²) in [5.74, 6) is 0.398. The molecule has 4 rings (SSSR count). The van der Waals surface area contributed by atoms with Crippen LogP contribution in [0.25, 0.3) is 11.3 Å². The van der Waals surface area contributed by atoms with Crippen LogP contribution in [0.15, 0.2) is 34.1 Å². The van der Waals surface area contributed by atoms with E-state index in [9.17, 15) is 30.0 Å². The summed E-state index contributed by atoms with van der Waals surface area (Å²) in [5.41, 5.74) is -1.39. The van der Waals surface area contributed by atoms with E-state index in [1.807, 2.05) is 0 Å². The summed E-state index contributed by atoms with van der Waals surface area (Å²) in [6, 6.07) is 4.55. The van der Waals surface area contributed by atoms with Gasteiger partial charge in [-0.2, -0.15) is 13.2 Å². The first-order valence-corrected chi connectivity index (χ1v) is 18.0. The largest absolute Gasteiger partial charge is 0.417 e. The average Bonchev–Trinajstić information content (AvgIpc) is 3.28. The fraction of sp³-hybridized carbons (Fsp3) is 0.667. The van der Waals surface area contributed by atoms with E-state index in [2.05, 4.69) is 9.44 Å². The molecule has 1 aliphatic carbocycles. The summed E-state index contributed by atoms with van der Waals surface area (Å²) in [5, 5.41) is 0. The van der Waals surface area contributed by atoms with Crippen molar-refractivity contribution in [2.24, 2.45) is 11.8 Å². The molecule has 2 heterocycles. The molecule has 2 N–H and O–H groups in total. The number of ether oxygens (including phenoxy) is 1. The number of nitrogens with zero attached hydrogens (tertiary/aromatic N) is 1. The number of aromatic nitrogens is 1. The van der Waals surface area contributed by atoms with Crippen LogP contribution >= 0.6 is 0 Å². The third kappa shape index (κ3) is 8.22. The molecule has 8 nitrogen and oxygen atoms in total. The van der Waals surface area contributed by atoms with Gasteiger partial charge >= 0.3 is 6.18 Å². The summed E-state index contributed by atoms with van der Waals surface area (Å²) in [7, 11) is -8.49. The van der Waals surface area contributed by atoms with Crippen molar-refractivity contribution in [1.29, 1.82) is 0 Å². The minimum absolute atomic E-state index is 0.0157. The van der Waals surface area contributed by atoms with Crippen molar-refractivity contribution in [3.05, 3.63) is 35.5 Å². The van der Waals surface area contributed by atoms with E-state index in [-0.39, 0.29) is 28.8 Å². The van der Waals surface area contributed by atoms with Gasteiger partial charge in [0.05, 0.1) is 10.5 Å². The van der Waals surface area contributed by atoms with Gasteiger partial charge in [-0.1, -0.05) is 32.3 Å². The standard InChI is InChI=1S/C30H44F3N3O5S2/c1-5-29(3,4)35-43(39,40)27-12-11-24(17-25(27)30(31,32)33)26-18-28(21(2)36(26)20-23-9-7-6-8-10-23)42(37,38)34-19-22-13-15-41-16-14-22/h11-12,17-18,22-23,34-35H,5-10,13-16,19-20H2,1-4H3. The lowest BCUT2D eigenvalue weighted by Crippen LogP contribution is -2.43. The van der Waals surface area contributed by atoms with E-state index in [1.54, 1.807) is 32.3 Å². The third-order valence-corrected chi connectivity index (χ3v) is 12.1. The molecule has 13 heteroatoms. The van der Waals surface area contributed by atoms with Gasteiger partial charge in [-0.15, -0.1) is 0 Å². The Balaban J connectivity index is 1.79. The van der Waals surface area contributed by atoms with Crippen molar-refractivity contribution in [1.82, 2.24) is 14.0 Å². The maximum Gasteiger partial charge on any atom is 0.417 e. The topological polar surface area (TPSA) is 106 Å². The molecular weight excluding hydrogens is 603 g/mol. The Hall–Kier alpha value is -1.93. The molecule has 1 aliphatic heterocycles. The monoisotopic (exact) mass is 647 g/mol. The summed E-state index contributed by atoms with van der Waals surface area (Å²) in [4.78, 5) is -0.847. The van der Waals surface area contributed by atoms with Crippen LogP contribution in [0.3, 0.4) is 0 Å². The van der Waals surface area contributed by atoms with Gasteiger partial charge in [0, 0.05) is 43.2 Å². The van der Waals surface area contributed by atoms with Gasteiger partial charge in [0.25, 0.3) is 0 Å². The highest BCUT2D eigenvalue weighted by atomic mass is 32.2. The quantitative estimate of drug-likeness (QED) is 0.301. The summed E-state index contributed by atoms with van der Waals surface area (Å²) < 4.78 is 109. The molecule has 0 radical (unpaired) electrons. The van der Waals surface area contributed by atoms with Crippen LogP contribution in [0.2, 0.25) is 0 Å². The van der Waals surface area contributed by atoms with E-state index in [1.165, 1.54) is 12.1 Å². The summed E-state index contributed by atoms with van der Waals surface area (Å²) >= 11 is 0. The molecule has 2 fully saturated rings. The average molecular weight is 648 g/mol. The van der Waals surface area contributed by atoms with E-state index in [0.717, 1.165) is 57.1 Å². The lowest BCUT2D eigenvalue weighted by molar-refractivity contribution is -0.139. The minimum Gasteiger partial charge on any atom is -0.381 e. The summed E-state index contributed by atoms with van der Waals surface area (Å²) in [6.07, 6.45) is 2.01. The summed E-state index contributed by atoms with van der Waals surface area (Å²) in [6.45, 7) is 8.48. The molecule has 0 atom stereocenters. The van der Waals surface area contributed by atoms with Crippen LogP contribution in [-0.2, 0) is 37.5 Å². The van der Waals surface area contributed by atoms with E-state index >= 15 is 0 Å². The maximum atomic E-state index is 14.4. The molecule has 1 saturated carbocycles. The highest BCUT2D eigenvalue weighted by Crippen LogP contribution is 2.39. The first-order chi connectivity index (χ1) is 20.0. The minimum atomic E-state index is -4.97. The predicted molar refractivity (Wildman–Crippen MR) is 160 cm³/mol. The Bertz CT molecular complexity index is 1490. The van der Waals surface area contributed by atoms with Gasteiger partial charge in [0.15, 0.2) is 0 Å². The molecule has 242 valence electrons. The Kier molecular flexibility index (Phi) is 10.4. The van der Waals surface area contributed by atoms with Gasteiger partial charge in [-0.3, -0.25) is 0 Å². The molecular formula is C30H44F3N3O5S2. The Morgan fingerprint density at radius 2 is 1.56 bits per heavy atom. The lowest BCUT2D eigenvalue weighted by Gasteiger charge is -2.26. The van der Waals surface area contributed by atoms with Crippen molar-refractivity contribution < 1.29 is 34.7 Å². The number of benzene rings is 1. The second-order valence-electron chi connectivity index (χ2n) is 12.6. The van der Waals surface area contributed by atoms with E-state index in [0.29, 0.717) is 37.6 Å². The predicted octanol–water partition coefficient (Wildman–Crippen LogP) is 6.23. The van der Waals surface area contributed by atoms with Gasteiger partial charge in [0.1, 0.15) is 4.90 Å². The molecule has 2 aromatic rings. The number of alkyl halides is 3. The van der Waals surface area contributed by atoms with Crippen molar-refractivity contribution >= 4 is 20.0 Å². The van der Waals surface area contributed by atoms with Crippen LogP contribution in [0.5, 0.6) is 0 Å². The first-order valence-electron chi connectivity index (χ1n) is 15.1. The van der Waals surface area contributed by atoms with Crippen LogP contribution in [0.4, 0.5) is 13.2 Å². The molecule has 2 aliphatic rings. The fourth-order valence-electron chi connectivity index (χ4n) is 5.89. The molecule has 1 aromatic carbocycles. The van der Waals surface area contributed by atoms with Crippen LogP contribution in [-0.4, -0.2) is 46.7 Å². The Morgan fingerprint density at radius 3 is 2.16 bits per heavy atom. The molecule has 1 saturated heterocycles. The highest BCUT2D eigenvalue weighted by molar-refractivity contribution is 7.89. The number of halogens is 3. The van der Waals surface area contributed by atoms with Gasteiger partial charge in [0.2, 0.25) is 20.0 Å². The molecule has 0 amide bonds. The van der Waals surface area contributed by atoms with Crippen molar-refractivity contribution in [2.75, 3.05) is 19.8 Å². The van der Waals surface area contributed by atoms with Gasteiger partial charge in [-0.25, -0.2) is 26.3 Å². The second kappa shape index (κ2) is 13.2. The molecule has 0 unspecified atom stereocenters. The lowest BCUT2D eigenvalue weighted by atomic mass is 9.89. The molecule has 0 spiro atoms. The van der Waals surface area contributed by atoms with Gasteiger partial charge < -0.3 is 9.30 Å². The zero-order valence-corrected chi connectivity index (χ0v) is 27.0. The Morgan fingerprint density at radius 1 is 0.907 bits per heavy atom.